The van der Waals surface area contributed by atoms with Crippen LogP contribution in [0.25, 0.3) is 0 Å². The van der Waals surface area contributed by atoms with Gasteiger partial charge in [0, 0.05) is 10.6 Å². The van der Waals surface area contributed by atoms with E-state index in [9.17, 15) is 8.42 Å². The number of thioether (sulfide) groups is 1. The van der Waals surface area contributed by atoms with Gasteiger partial charge in [-0.1, -0.05) is 59.6 Å². The number of nitrogens with zero attached hydrogens (tertiary/aromatic N) is 1. The first-order chi connectivity index (χ1) is 13.9. The van der Waals surface area contributed by atoms with Gasteiger partial charge in [0.05, 0.1) is 17.4 Å². The first kappa shape index (κ1) is 20.3. The van der Waals surface area contributed by atoms with Gasteiger partial charge in [0.2, 0.25) is 10.0 Å². The van der Waals surface area contributed by atoms with Crippen molar-refractivity contribution in [3.8, 4) is 5.75 Å². The fraction of sp³-hybridized carbons (Fsp3) is 0.182. The molecule has 7 heteroatoms. The van der Waals surface area contributed by atoms with E-state index >= 15 is 0 Å². The number of para-hydroxylation sites is 1. The number of benzene rings is 3. The van der Waals surface area contributed by atoms with Crippen LogP contribution in [0, 0.1) is 6.92 Å². The van der Waals surface area contributed by atoms with Crippen molar-refractivity contribution in [2.24, 2.45) is 0 Å². The Morgan fingerprint density at radius 1 is 0.931 bits per heavy atom. The fourth-order valence-corrected chi connectivity index (χ4v) is 7.08. The van der Waals surface area contributed by atoms with E-state index < -0.39 is 10.0 Å². The molecule has 1 aliphatic heterocycles. The summed E-state index contributed by atoms with van der Waals surface area (Å²) in [6, 6.07) is 21.8. The van der Waals surface area contributed by atoms with Crippen LogP contribution in [0.15, 0.2) is 77.7 Å². The first-order valence-corrected chi connectivity index (χ1v) is 11.8. The predicted octanol–water partition coefficient (Wildman–Crippen LogP) is 5.79. The zero-order valence-electron chi connectivity index (χ0n) is 15.9. The van der Waals surface area contributed by atoms with Crippen LogP contribution in [0.4, 0.5) is 0 Å². The van der Waals surface area contributed by atoms with Crippen molar-refractivity contribution >= 4 is 33.4 Å². The molecule has 0 amide bonds. The second-order valence-electron chi connectivity index (χ2n) is 6.78. The predicted molar refractivity (Wildman–Crippen MR) is 118 cm³/mol. The van der Waals surface area contributed by atoms with Crippen molar-refractivity contribution in [2.45, 2.75) is 22.6 Å². The Labute approximate surface area is 180 Å². The van der Waals surface area contributed by atoms with Gasteiger partial charge >= 0.3 is 0 Å². The largest absolute Gasteiger partial charge is 0.496 e. The monoisotopic (exact) mass is 445 g/mol. The number of ether oxygens (including phenoxy) is 1. The van der Waals surface area contributed by atoms with Crippen molar-refractivity contribution in [3.63, 3.8) is 0 Å². The second kappa shape index (κ2) is 8.03. The molecule has 0 N–H and O–H groups in total. The third kappa shape index (κ3) is 3.78. The lowest BCUT2D eigenvalue weighted by Gasteiger charge is -2.47. The van der Waals surface area contributed by atoms with E-state index in [4.69, 9.17) is 16.3 Å². The average Bonchev–Trinajstić information content (AvgIpc) is 2.69. The van der Waals surface area contributed by atoms with Gasteiger partial charge in [-0.2, -0.15) is 4.31 Å². The number of methoxy groups -OCH3 is 1. The normalized spacial score (nSPS) is 19.6. The van der Waals surface area contributed by atoms with Crippen molar-refractivity contribution in [3.05, 3.63) is 94.5 Å². The summed E-state index contributed by atoms with van der Waals surface area (Å²) in [6.45, 7) is 1.93. The zero-order chi connectivity index (χ0) is 20.6. The summed E-state index contributed by atoms with van der Waals surface area (Å²) >= 11 is 7.60. The lowest BCUT2D eigenvalue weighted by Crippen LogP contribution is -2.43. The highest BCUT2D eigenvalue weighted by molar-refractivity contribution is 8.03. The van der Waals surface area contributed by atoms with Crippen LogP contribution in [0.1, 0.15) is 27.4 Å². The summed E-state index contributed by atoms with van der Waals surface area (Å²) in [7, 11) is -2.13. The van der Waals surface area contributed by atoms with Crippen molar-refractivity contribution in [2.75, 3.05) is 7.11 Å². The molecule has 0 aliphatic carbocycles. The molecule has 1 aliphatic rings. The highest BCUT2D eigenvalue weighted by Crippen LogP contribution is 2.60. The molecule has 0 aromatic heterocycles. The minimum absolute atomic E-state index is 0.280. The topological polar surface area (TPSA) is 46.6 Å². The summed E-state index contributed by atoms with van der Waals surface area (Å²) in [5, 5.41) is -0.0982. The lowest BCUT2D eigenvalue weighted by atomic mass is 10.1. The Morgan fingerprint density at radius 2 is 1.59 bits per heavy atom. The molecule has 29 heavy (non-hydrogen) atoms. The van der Waals surface area contributed by atoms with Crippen LogP contribution in [-0.2, 0) is 10.0 Å². The molecule has 0 unspecified atom stereocenters. The third-order valence-electron chi connectivity index (χ3n) is 4.88. The molecule has 0 bridgehead atoms. The third-order valence-corrected chi connectivity index (χ3v) is 8.74. The molecule has 0 spiro atoms. The maximum atomic E-state index is 13.6. The van der Waals surface area contributed by atoms with E-state index in [1.807, 2.05) is 55.5 Å². The quantitative estimate of drug-likeness (QED) is 0.498. The summed E-state index contributed by atoms with van der Waals surface area (Å²) < 4.78 is 34.3. The van der Waals surface area contributed by atoms with Gasteiger partial charge < -0.3 is 4.74 Å². The Balaban J connectivity index is 1.79. The van der Waals surface area contributed by atoms with E-state index in [1.165, 1.54) is 0 Å². The Morgan fingerprint density at radius 3 is 2.24 bits per heavy atom. The average molecular weight is 446 g/mol. The summed E-state index contributed by atoms with van der Waals surface area (Å²) in [4.78, 5) is 0.280. The molecule has 1 fully saturated rings. The van der Waals surface area contributed by atoms with Crippen molar-refractivity contribution < 1.29 is 13.2 Å². The van der Waals surface area contributed by atoms with E-state index in [1.54, 1.807) is 47.4 Å². The molecule has 0 radical (unpaired) electrons. The van der Waals surface area contributed by atoms with Gasteiger partial charge in [-0.3, -0.25) is 0 Å². The molecule has 3 aromatic rings. The molecule has 0 saturated carbocycles. The van der Waals surface area contributed by atoms with Crippen LogP contribution in [0.2, 0.25) is 5.02 Å². The molecular weight excluding hydrogens is 426 g/mol. The van der Waals surface area contributed by atoms with Crippen molar-refractivity contribution in [1.29, 1.82) is 0 Å². The Bertz CT molecular complexity index is 1120. The van der Waals surface area contributed by atoms with Gasteiger partial charge in [0.1, 0.15) is 11.1 Å². The number of hydrogen-bond acceptors (Lipinski definition) is 4. The van der Waals surface area contributed by atoms with E-state index in [2.05, 4.69) is 0 Å². The Kier molecular flexibility index (Phi) is 5.62. The Hall–Kier alpha value is -1.99. The maximum Gasteiger partial charge on any atom is 0.245 e. The minimum atomic E-state index is -3.72. The lowest BCUT2D eigenvalue weighted by molar-refractivity contribution is 0.331. The molecule has 1 heterocycles. The van der Waals surface area contributed by atoms with Gasteiger partial charge in [-0.05, 0) is 42.8 Å². The highest BCUT2D eigenvalue weighted by Gasteiger charge is 2.49. The van der Waals surface area contributed by atoms with E-state index in [0.717, 1.165) is 16.7 Å². The molecule has 150 valence electrons. The second-order valence-corrected chi connectivity index (χ2v) is 10.2. The summed E-state index contributed by atoms with van der Waals surface area (Å²) in [6.07, 6.45) is 0. The number of hydrogen-bond donors (Lipinski definition) is 0. The summed E-state index contributed by atoms with van der Waals surface area (Å²) in [5.74, 6) is 0.670. The smallest absolute Gasteiger partial charge is 0.245 e. The molecule has 4 rings (SSSR count). The molecule has 2 atom stereocenters. The first-order valence-electron chi connectivity index (χ1n) is 9.06. The van der Waals surface area contributed by atoms with E-state index in [0.29, 0.717) is 10.8 Å². The van der Waals surface area contributed by atoms with Gasteiger partial charge in [-0.25, -0.2) is 8.42 Å². The summed E-state index contributed by atoms with van der Waals surface area (Å²) in [5.41, 5.74) is 2.74. The number of halogens is 1. The van der Waals surface area contributed by atoms with Crippen LogP contribution in [0.3, 0.4) is 0 Å². The minimum Gasteiger partial charge on any atom is -0.496 e. The maximum absolute atomic E-state index is 13.6. The van der Waals surface area contributed by atoms with Gasteiger partial charge in [-0.15, -0.1) is 11.8 Å². The van der Waals surface area contributed by atoms with Crippen LogP contribution >= 0.6 is 23.4 Å². The molecule has 3 aromatic carbocycles. The van der Waals surface area contributed by atoms with Crippen LogP contribution in [0.5, 0.6) is 5.75 Å². The highest BCUT2D eigenvalue weighted by atomic mass is 35.5. The molecular formula is C22H20ClNO3S2. The van der Waals surface area contributed by atoms with Crippen LogP contribution in [-0.4, -0.2) is 19.8 Å². The van der Waals surface area contributed by atoms with Gasteiger partial charge in [0.15, 0.2) is 0 Å². The molecule has 1 saturated heterocycles. The zero-order valence-corrected chi connectivity index (χ0v) is 18.3. The number of rotatable bonds is 5. The fourth-order valence-electron chi connectivity index (χ4n) is 3.32. The number of aryl methyl sites for hydroxylation is 1. The number of sulfonamides is 1. The SMILES string of the molecule is COc1ccccc1[C@H]1S[C@@H](c2ccc(Cl)cc2)N1S(=O)(=O)c1ccc(C)cc1. The van der Waals surface area contributed by atoms with Crippen LogP contribution < -0.4 is 4.74 Å². The van der Waals surface area contributed by atoms with E-state index in [-0.39, 0.29) is 15.6 Å². The standard InChI is InChI=1S/C22H20ClNO3S2/c1-15-7-13-18(14-8-15)29(25,26)24-21(16-9-11-17(23)12-10-16)28-22(24)19-5-3-4-6-20(19)27-2/h3-14,21-22H,1-2H3/t21-,22+/m0/s1. The van der Waals surface area contributed by atoms with Gasteiger partial charge in [0.25, 0.3) is 0 Å². The van der Waals surface area contributed by atoms with Crippen molar-refractivity contribution in [1.82, 2.24) is 4.31 Å². The molecule has 4 nitrogen and oxygen atoms in total.